The molecule has 0 spiro atoms. The Morgan fingerprint density at radius 1 is 0.769 bits per heavy atom. The average Bonchev–Trinajstić information content (AvgIpc) is 2.58. The number of hydrogen-bond acceptors (Lipinski definition) is 3. The van der Waals surface area contributed by atoms with E-state index in [1.165, 1.54) is 20.8 Å². The van der Waals surface area contributed by atoms with Gasteiger partial charge in [-0.1, -0.05) is 25.5 Å². The van der Waals surface area contributed by atoms with Crippen LogP contribution in [0.2, 0.25) is 0 Å². The van der Waals surface area contributed by atoms with Crippen LogP contribution < -0.4 is 0 Å². The Hall–Kier alpha value is -1.89. The summed E-state index contributed by atoms with van der Waals surface area (Å²) < 4.78 is -0.490. The maximum atomic E-state index is 11.6. The number of quaternary nitrogens is 1. The van der Waals surface area contributed by atoms with Gasteiger partial charge in [0.15, 0.2) is 18.1 Å². The van der Waals surface area contributed by atoms with E-state index >= 15 is 0 Å². The molecule has 0 heterocycles. The van der Waals surface area contributed by atoms with Gasteiger partial charge in [-0.15, -0.1) is 0 Å². The fourth-order valence-electron chi connectivity index (χ4n) is 3.49. The van der Waals surface area contributed by atoms with Gasteiger partial charge in [0.05, 0.1) is 6.54 Å². The summed E-state index contributed by atoms with van der Waals surface area (Å²) in [7, 11) is 0. The third-order valence-electron chi connectivity index (χ3n) is 5.30. The minimum absolute atomic E-state index is 0.208. The Morgan fingerprint density at radius 2 is 1.19 bits per heavy atom. The summed E-state index contributed by atoms with van der Waals surface area (Å²) in [6.07, 6.45) is 9.58. The Kier molecular flexibility index (Phi) is 10.8. The number of carbonyl (C=O) groups is 3. The molecule has 0 aliphatic carbocycles. The zero-order valence-corrected chi connectivity index (χ0v) is 16.4. The van der Waals surface area contributed by atoms with Gasteiger partial charge in [-0.2, -0.15) is 0 Å². The summed E-state index contributed by atoms with van der Waals surface area (Å²) in [4.78, 5) is 34.9. The third kappa shape index (κ3) is 6.44. The van der Waals surface area contributed by atoms with Crippen molar-refractivity contribution in [2.45, 2.75) is 84.3 Å². The van der Waals surface area contributed by atoms with Crippen LogP contribution in [0.25, 0.3) is 0 Å². The van der Waals surface area contributed by atoms with Crippen molar-refractivity contribution < 1.29 is 34.2 Å². The molecular formula is C19H34NO6+. The molecule has 150 valence electrons. The first kappa shape index (κ1) is 24.1. The van der Waals surface area contributed by atoms with E-state index in [2.05, 4.69) is 19.1 Å². The second-order valence-corrected chi connectivity index (χ2v) is 6.84. The van der Waals surface area contributed by atoms with Crippen LogP contribution in [0, 0.1) is 0 Å². The third-order valence-corrected chi connectivity index (χ3v) is 5.30. The van der Waals surface area contributed by atoms with Crippen LogP contribution in [-0.4, -0.2) is 62.4 Å². The molecule has 0 aromatic heterocycles. The van der Waals surface area contributed by atoms with Crippen molar-refractivity contribution in [3.8, 4) is 0 Å². The first-order chi connectivity index (χ1) is 12.1. The highest BCUT2D eigenvalue weighted by Crippen LogP contribution is 2.27. The second kappa shape index (κ2) is 11.7. The van der Waals surface area contributed by atoms with Crippen LogP contribution >= 0.6 is 0 Å². The highest BCUT2D eigenvalue weighted by Gasteiger charge is 2.52. The van der Waals surface area contributed by atoms with E-state index in [9.17, 15) is 29.7 Å². The van der Waals surface area contributed by atoms with Crippen molar-refractivity contribution in [3.63, 3.8) is 0 Å². The Labute approximate surface area is 155 Å². The smallest absolute Gasteiger partial charge is 0.362 e. The summed E-state index contributed by atoms with van der Waals surface area (Å²) in [6.45, 7) is 6.48. The van der Waals surface area contributed by atoms with Crippen LogP contribution in [-0.2, 0) is 14.4 Å². The molecule has 0 radical (unpaired) electrons. The summed E-state index contributed by atoms with van der Waals surface area (Å²) in [6, 6.07) is -3.38. The molecule has 26 heavy (non-hydrogen) atoms. The number of carboxylic acid groups (broad SMARTS) is 3. The molecule has 0 aliphatic rings. The second-order valence-electron chi connectivity index (χ2n) is 6.84. The fraction of sp³-hybridized carbons (Fsp3) is 0.737. The maximum Gasteiger partial charge on any atom is 0.362 e. The number of rotatable bonds is 14. The fourth-order valence-corrected chi connectivity index (χ4v) is 3.49. The van der Waals surface area contributed by atoms with Gasteiger partial charge in [0.1, 0.15) is 0 Å². The molecule has 0 bridgehead atoms. The molecule has 0 rings (SSSR count). The summed E-state index contributed by atoms with van der Waals surface area (Å²) in [5.74, 6) is -3.55. The molecule has 0 saturated heterocycles. The first-order valence-corrected chi connectivity index (χ1v) is 9.33. The summed E-state index contributed by atoms with van der Waals surface area (Å²) in [5, 5.41) is 28.5. The van der Waals surface area contributed by atoms with E-state index in [1.807, 2.05) is 0 Å². The molecule has 3 atom stereocenters. The van der Waals surface area contributed by atoms with E-state index in [-0.39, 0.29) is 6.54 Å². The topological polar surface area (TPSA) is 112 Å². The minimum Gasteiger partial charge on any atom is -0.477 e. The summed E-state index contributed by atoms with van der Waals surface area (Å²) >= 11 is 0. The molecule has 3 unspecified atom stereocenters. The zero-order chi connectivity index (χ0) is 20.3. The van der Waals surface area contributed by atoms with E-state index < -0.39 is 40.5 Å². The van der Waals surface area contributed by atoms with Gasteiger partial charge in [0.25, 0.3) is 0 Å². The van der Waals surface area contributed by atoms with Gasteiger partial charge >= 0.3 is 17.9 Å². The van der Waals surface area contributed by atoms with Crippen molar-refractivity contribution in [1.82, 2.24) is 0 Å². The molecule has 7 nitrogen and oxygen atoms in total. The number of aliphatic carboxylic acids is 3. The number of unbranched alkanes of at least 4 members (excludes halogenated alkanes) is 4. The van der Waals surface area contributed by atoms with Crippen LogP contribution in [0.5, 0.6) is 0 Å². The van der Waals surface area contributed by atoms with Gasteiger partial charge in [-0.05, 0) is 52.9 Å². The largest absolute Gasteiger partial charge is 0.477 e. The number of allylic oxidation sites excluding steroid dienone is 2. The minimum atomic E-state index is -1.18. The van der Waals surface area contributed by atoms with Crippen LogP contribution in [0.1, 0.15) is 66.2 Å². The van der Waals surface area contributed by atoms with Crippen LogP contribution in [0.4, 0.5) is 0 Å². The molecule has 0 saturated carbocycles. The van der Waals surface area contributed by atoms with E-state index in [0.717, 1.165) is 32.1 Å². The molecule has 3 N–H and O–H groups in total. The standard InChI is InChI=1S/C19H33NO6/c1-5-6-7-8-9-10-11-12-13-20(14(2)17(21)22,15(3)18(23)24)16(4)19(25)26/h6-7,14-16H,5,8-13H2,1-4H3,(H2-,21,22,23,24,25,26)/p+1/b7-6+. The van der Waals surface area contributed by atoms with Gasteiger partial charge in [0, 0.05) is 0 Å². The van der Waals surface area contributed by atoms with Crippen molar-refractivity contribution in [1.29, 1.82) is 0 Å². The van der Waals surface area contributed by atoms with Crippen molar-refractivity contribution in [2.24, 2.45) is 0 Å². The SMILES string of the molecule is CC/C=C/CCCCCC[N+](C(C)C(=O)O)(C(C)C(=O)O)C(C)C(=O)O. The number of carboxylic acids is 3. The molecule has 0 aromatic carbocycles. The van der Waals surface area contributed by atoms with E-state index in [4.69, 9.17) is 0 Å². The maximum absolute atomic E-state index is 11.6. The van der Waals surface area contributed by atoms with Gasteiger partial charge < -0.3 is 15.3 Å². The highest BCUT2D eigenvalue weighted by atomic mass is 16.4. The lowest BCUT2D eigenvalue weighted by Crippen LogP contribution is -2.70. The monoisotopic (exact) mass is 372 g/mol. The molecule has 0 amide bonds. The normalized spacial score (nSPS) is 17.4. The number of nitrogens with zero attached hydrogens (tertiary/aromatic N) is 1. The van der Waals surface area contributed by atoms with Crippen LogP contribution in [0.15, 0.2) is 12.2 Å². The molecule has 0 aromatic rings. The van der Waals surface area contributed by atoms with Crippen molar-refractivity contribution in [3.05, 3.63) is 12.2 Å². The lowest BCUT2D eigenvalue weighted by atomic mass is 10.00. The highest BCUT2D eigenvalue weighted by molar-refractivity contribution is 5.77. The lowest BCUT2D eigenvalue weighted by molar-refractivity contribution is -0.968. The summed E-state index contributed by atoms with van der Waals surface area (Å²) in [5.41, 5.74) is 0. The van der Waals surface area contributed by atoms with Crippen molar-refractivity contribution in [2.75, 3.05) is 6.54 Å². The lowest BCUT2D eigenvalue weighted by Gasteiger charge is -2.47. The predicted octanol–water partition coefficient (Wildman–Crippen LogP) is 3.14. The molecule has 0 fully saturated rings. The molecule has 0 aliphatic heterocycles. The van der Waals surface area contributed by atoms with Gasteiger partial charge in [-0.25, -0.2) is 14.4 Å². The van der Waals surface area contributed by atoms with E-state index in [1.54, 1.807) is 0 Å². The first-order valence-electron chi connectivity index (χ1n) is 9.33. The predicted molar refractivity (Wildman–Crippen MR) is 98.9 cm³/mol. The van der Waals surface area contributed by atoms with E-state index in [0.29, 0.717) is 6.42 Å². The zero-order valence-electron chi connectivity index (χ0n) is 16.4. The quantitative estimate of drug-likeness (QED) is 0.245. The molecular weight excluding hydrogens is 338 g/mol. The van der Waals surface area contributed by atoms with Gasteiger partial charge in [-0.3, -0.25) is 4.48 Å². The van der Waals surface area contributed by atoms with Crippen molar-refractivity contribution >= 4 is 17.9 Å². The van der Waals surface area contributed by atoms with Crippen LogP contribution in [0.3, 0.4) is 0 Å². The molecule has 7 heteroatoms. The Balaban J connectivity index is 5.24. The number of hydrogen-bond donors (Lipinski definition) is 3. The Morgan fingerprint density at radius 3 is 1.58 bits per heavy atom. The Bertz CT molecular complexity index is 452. The van der Waals surface area contributed by atoms with Gasteiger partial charge in [0.2, 0.25) is 0 Å². The average molecular weight is 372 g/mol.